The Bertz CT molecular complexity index is 545. The van der Waals surface area contributed by atoms with Gasteiger partial charge in [-0.2, -0.15) is 0 Å². The molecule has 3 heterocycles. The van der Waals surface area contributed by atoms with E-state index < -0.39 is 0 Å². The van der Waals surface area contributed by atoms with Crippen LogP contribution in [0.2, 0.25) is 0 Å². The third-order valence-corrected chi connectivity index (χ3v) is 6.04. The zero-order chi connectivity index (χ0) is 14.7. The van der Waals surface area contributed by atoms with E-state index in [0.717, 1.165) is 12.8 Å². The van der Waals surface area contributed by atoms with Crippen LogP contribution in [0.1, 0.15) is 19.3 Å². The quantitative estimate of drug-likeness (QED) is 0.803. The normalized spacial score (nSPS) is 20.6. The molecule has 0 radical (unpaired) electrons. The average molecular weight is 323 g/mol. The third-order valence-electron chi connectivity index (χ3n) is 3.93. The summed E-state index contributed by atoms with van der Waals surface area (Å²) in [6.45, 7) is 1.34. The van der Waals surface area contributed by atoms with Crippen LogP contribution in [0.25, 0.3) is 0 Å². The third kappa shape index (κ3) is 3.49. The molecule has 3 rings (SSSR count). The number of nitrogens with zero attached hydrogens (tertiary/aromatic N) is 1. The lowest BCUT2D eigenvalue weighted by atomic mass is 9.85. The van der Waals surface area contributed by atoms with Crippen LogP contribution in [0.4, 0.5) is 0 Å². The predicted molar refractivity (Wildman–Crippen MR) is 83.4 cm³/mol. The zero-order valence-electron chi connectivity index (χ0n) is 11.6. The van der Waals surface area contributed by atoms with Crippen LogP contribution >= 0.6 is 23.1 Å². The van der Waals surface area contributed by atoms with Crippen molar-refractivity contribution in [3.63, 3.8) is 0 Å². The van der Waals surface area contributed by atoms with Gasteiger partial charge < -0.3 is 9.64 Å². The molecule has 0 aliphatic carbocycles. The van der Waals surface area contributed by atoms with Gasteiger partial charge >= 0.3 is 0 Å². The molecule has 1 aromatic rings. The molecule has 0 bridgehead atoms. The maximum Gasteiger partial charge on any atom is 0.232 e. The first-order valence-corrected chi connectivity index (χ1v) is 8.85. The molecule has 1 aromatic heterocycles. The highest BCUT2D eigenvalue weighted by Gasteiger charge is 2.39. The lowest BCUT2D eigenvalue weighted by Gasteiger charge is -2.41. The Labute approximate surface area is 132 Å². The minimum atomic E-state index is -0.372. The molecule has 1 saturated heterocycles. The van der Waals surface area contributed by atoms with Gasteiger partial charge in [-0.15, -0.1) is 23.1 Å². The topological polar surface area (TPSA) is 46.6 Å². The molecule has 0 atom stereocenters. The van der Waals surface area contributed by atoms with E-state index in [2.05, 4.69) is 0 Å². The molecule has 0 saturated carbocycles. The van der Waals surface area contributed by atoms with Crippen LogP contribution in [-0.2, 0) is 14.3 Å². The standard InChI is InChI=1S/C15H17NO3S2/c17-12-3-8-19-15(10-12)4-6-16(7-5-15)13(18)11-21-14-2-1-9-20-14/h1-3,8-9H,4-7,10-11H2. The highest BCUT2D eigenvalue weighted by molar-refractivity contribution is 8.01. The van der Waals surface area contributed by atoms with Gasteiger partial charge in [0.1, 0.15) is 5.60 Å². The van der Waals surface area contributed by atoms with Crippen molar-refractivity contribution in [2.45, 2.75) is 29.1 Å². The molecule has 0 unspecified atom stereocenters. The lowest BCUT2D eigenvalue weighted by molar-refractivity contribution is -0.135. The van der Waals surface area contributed by atoms with E-state index in [-0.39, 0.29) is 17.3 Å². The number of amides is 1. The molecule has 0 N–H and O–H groups in total. The predicted octanol–water partition coefficient (Wildman–Crippen LogP) is 2.70. The minimum absolute atomic E-state index is 0.120. The number of hydrogen-bond donors (Lipinski definition) is 0. The van der Waals surface area contributed by atoms with E-state index in [9.17, 15) is 9.59 Å². The average Bonchev–Trinajstić information content (AvgIpc) is 2.99. The molecule has 21 heavy (non-hydrogen) atoms. The number of thiophene rings is 1. The van der Waals surface area contributed by atoms with Crippen LogP contribution in [0.5, 0.6) is 0 Å². The Hall–Kier alpha value is -1.27. The van der Waals surface area contributed by atoms with Gasteiger partial charge in [0, 0.05) is 32.0 Å². The van der Waals surface area contributed by atoms with E-state index in [0.29, 0.717) is 25.3 Å². The number of carbonyl (C=O) groups excluding carboxylic acids is 2. The van der Waals surface area contributed by atoms with Gasteiger partial charge in [-0.3, -0.25) is 9.59 Å². The van der Waals surface area contributed by atoms with Crippen molar-refractivity contribution < 1.29 is 14.3 Å². The fourth-order valence-electron chi connectivity index (χ4n) is 2.70. The van der Waals surface area contributed by atoms with E-state index in [1.807, 2.05) is 22.4 Å². The van der Waals surface area contributed by atoms with Gasteiger partial charge in [0.25, 0.3) is 0 Å². The summed E-state index contributed by atoms with van der Waals surface area (Å²) in [6.07, 6.45) is 4.91. The van der Waals surface area contributed by atoms with Gasteiger partial charge in [0.15, 0.2) is 5.78 Å². The molecule has 1 fully saturated rings. The van der Waals surface area contributed by atoms with Crippen LogP contribution in [0.3, 0.4) is 0 Å². The van der Waals surface area contributed by atoms with E-state index in [1.165, 1.54) is 16.5 Å². The van der Waals surface area contributed by atoms with Crippen molar-refractivity contribution in [3.05, 3.63) is 29.9 Å². The second-order valence-electron chi connectivity index (χ2n) is 5.35. The van der Waals surface area contributed by atoms with Crippen LogP contribution in [-0.4, -0.2) is 41.0 Å². The second kappa shape index (κ2) is 6.23. The number of rotatable bonds is 3. The summed E-state index contributed by atoms with van der Waals surface area (Å²) < 4.78 is 6.85. The van der Waals surface area contributed by atoms with Crippen molar-refractivity contribution in [2.75, 3.05) is 18.8 Å². The first-order chi connectivity index (χ1) is 10.2. The summed E-state index contributed by atoms with van der Waals surface area (Å²) in [5.41, 5.74) is -0.372. The number of hydrogen-bond acceptors (Lipinski definition) is 5. The van der Waals surface area contributed by atoms with Crippen LogP contribution in [0, 0.1) is 0 Å². The molecule has 4 nitrogen and oxygen atoms in total. The molecular weight excluding hydrogens is 306 g/mol. The number of ketones is 1. The molecular formula is C15H17NO3S2. The monoisotopic (exact) mass is 323 g/mol. The largest absolute Gasteiger partial charge is 0.494 e. The molecule has 1 amide bonds. The van der Waals surface area contributed by atoms with E-state index >= 15 is 0 Å². The molecule has 112 valence electrons. The molecule has 6 heteroatoms. The summed E-state index contributed by atoms with van der Waals surface area (Å²) in [5, 5.41) is 2.02. The maximum absolute atomic E-state index is 12.2. The van der Waals surface area contributed by atoms with Crippen LogP contribution in [0.15, 0.2) is 34.1 Å². The Kier molecular flexibility index (Phi) is 4.35. The fourth-order valence-corrected chi connectivity index (χ4v) is 4.39. The summed E-state index contributed by atoms with van der Waals surface area (Å²) in [7, 11) is 0. The number of ether oxygens (including phenoxy) is 1. The molecule has 2 aliphatic rings. The molecule has 0 aromatic carbocycles. The van der Waals surface area contributed by atoms with Gasteiger partial charge in [0.05, 0.1) is 22.6 Å². The van der Waals surface area contributed by atoms with Crippen molar-refractivity contribution in [3.8, 4) is 0 Å². The zero-order valence-corrected chi connectivity index (χ0v) is 13.3. The smallest absolute Gasteiger partial charge is 0.232 e. The highest BCUT2D eigenvalue weighted by Crippen LogP contribution is 2.33. The van der Waals surface area contributed by atoms with Gasteiger partial charge in [-0.1, -0.05) is 6.07 Å². The fraction of sp³-hybridized carbons (Fsp3) is 0.467. The van der Waals surface area contributed by atoms with Gasteiger partial charge in [-0.05, 0) is 11.4 Å². The number of piperidine rings is 1. The molecule has 2 aliphatic heterocycles. The first-order valence-electron chi connectivity index (χ1n) is 6.98. The summed E-state index contributed by atoms with van der Waals surface area (Å²) in [4.78, 5) is 25.6. The SMILES string of the molecule is O=C1C=COC2(CCN(C(=O)CSc3cccs3)CC2)C1. The Balaban J connectivity index is 1.50. The second-order valence-corrected chi connectivity index (χ2v) is 7.57. The van der Waals surface area contributed by atoms with Gasteiger partial charge in [-0.25, -0.2) is 0 Å². The summed E-state index contributed by atoms with van der Waals surface area (Å²) in [5.74, 6) is 0.767. The summed E-state index contributed by atoms with van der Waals surface area (Å²) >= 11 is 3.24. The Morgan fingerprint density at radius 1 is 1.43 bits per heavy atom. The van der Waals surface area contributed by atoms with Crippen LogP contribution < -0.4 is 0 Å². The van der Waals surface area contributed by atoms with E-state index in [4.69, 9.17) is 4.74 Å². The van der Waals surface area contributed by atoms with Crippen molar-refractivity contribution in [1.29, 1.82) is 0 Å². The number of carbonyl (C=O) groups is 2. The summed E-state index contributed by atoms with van der Waals surface area (Å²) in [6, 6.07) is 4.02. The maximum atomic E-state index is 12.2. The van der Waals surface area contributed by atoms with Crippen molar-refractivity contribution >= 4 is 34.8 Å². The van der Waals surface area contributed by atoms with Gasteiger partial charge in [0.2, 0.25) is 5.91 Å². The van der Waals surface area contributed by atoms with E-state index in [1.54, 1.807) is 23.1 Å². The Morgan fingerprint density at radius 2 is 2.24 bits per heavy atom. The van der Waals surface area contributed by atoms with Crippen molar-refractivity contribution in [2.24, 2.45) is 0 Å². The number of thioether (sulfide) groups is 1. The highest BCUT2D eigenvalue weighted by atomic mass is 32.2. The molecule has 1 spiro atoms. The minimum Gasteiger partial charge on any atom is -0.494 e. The van der Waals surface area contributed by atoms with Crippen molar-refractivity contribution in [1.82, 2.24) is 4.90 Å². The first kappa shape index (κ1) is 14.7. The lowest BCUT2D eigenvalue weighted by Crippen LogP contribution is -2.49. The number of allylic oxidation sites excluding steroid dienone is 1. The number of likely N-dealkylation sites (tertiary alicyclic amines) is 1. The Morgan fingerprint density at radius 3 is 2.90 bits per heavy atom.